The standard InChI is InChI=1S/C33H42N6O2/c1-4-30(40)39-18-17-38(21-25(39)12-15-34)31-28-11-14-33(13-10-27-23(2)7-5-8-24(27)19-33)20-29(28)35-32(36-31)41-22-26-9-6-16-37(26)3/h4-5,7-8,25-26H,1,6,9-14,16-22H2,2-3H3/t25-,26-,33-/m0/s1. The van der Waals surface area contributed by atoms with Crippen molar-refractivity contribution in [2.75, 3.05) is 44.7 Å². The van der Waals surface area contributed by atoms with Crippen molar-refractivity contribution in [3.63, 3.8) is 0 Å². The van der Waals surface area contributed by atoms with Gasteiger partial charge < -0.3 is 19.4 Å². The average molecular weight is 555 g/mol. The van der Waals surface area contributed by atoms with Crippen LogP contribution < -0.4 is 9.64 Å². The molecule has 4 aliphatic rings. The van der Waals surface area contributed by atoms with Gasteiger partial charge in [-0.2, -0.15) is 15.2 Å². The minimum atomic E-state index is -0.200. The Morgan fingerprint density at radius 2 is 2.00 bits per heavy atom. The van der Waals surface area contributed by atoms with Gasteiger partial charge in [0.2, 0.25) is 5.91 Å². The Labute approximate surface area is 244 Å². The Morgan fingerprint density at radius 1 is 1.17 bits per heavy atom. The lowest BCUT2D eigenvalue weighted by Crippen LogP contribution is -2.55. The molecule has 2 aromatic rings. The quantitative estimate of drug-likeness (QED) is 0.498. The van der Waals surface area contributed by atoms with Gasteiger partial charge in [0.05, 0.1) is 24.2 Å². The molecule has 3 atom stereocenters. The Kier molecular flexibility index (Phi) is 7.74. The highest BCUT2D eigenvalue weighted by Gasteiger charge is 2.41. The highest BCUT2D eigenvalue weighted by molar-refractivity contribution is 5.87. The first-order valence-electron chi connectivity index (χ1n) is 15.2. The zero-order valence-corrected chi connectivity index (χ0v) is 24.6. The third kappa shape index (κ3) is 5.44. The number of rotatable bonds is 6. The highest BCUT2D eigenvalue weighted by atomic mass is 16.5. The Morgan fingerprint density at radius 3 is 2.76 bits per heavy atom. The van der Waals surface area contributed by atoms with Crippen LogP contribution in [0.5, 0.6) is 6.01 Å². The molecule has 1 amide bonds. The lowest BCUT2D eigenvalue weighted by molar-refractivity contribution is -0.128. The van der Waals surface area contributed by atoms with E-state index in [-0.39, 0.29) is 23.8 Å². The summed E-state index contributed by atoms with van der Waals surface area (Å²) in [5, 5.41) is 9.52. The van der Waals surface area contributed by atoms with Crippen LogP contribution in [0, 0.1) is 23.7 Å². The van der Waals surface area contributed by atoms with Gasteiger partial charge in [-0.15, -0.1) is 0 Å². The number of likely N-dealkylation sites (tertiary alicyclic amines) is 1. The summed E-state index contributed by atoms with van der Waals surface area (Å²) < 4.78 is 6.34. The molecule has 1 aromatic carbocycles. The monoisotopic (exact) mass is 554 g/mol. The van der Waals surface area contributed by atoms with Crippen molar-refractivity contribution in [1.82, 2.24) is 19.8 Å². The van der Waals surface area contributed by atoms with Gasteiger partial charge in [-0.1, -0.05) is 24.8 Å². The molecule has 2 saturated heterocycles. The number of amides is 1. The number of hydrogen-bond donors (Lipinski definition) is 0. The van der Waals surface area contributed by atoms with Gasteiger partial charge >= 0.3 is 6.01 Å². The predicted molar refractivity (Wildman–Crippen MR) is 159 cm³/mol. The first kappa shape index (κ1) is 27.7. The molecule has 0 saturated carbocycles. The lowest BCUT2D eigenvalue weighted by Gasteiger charge is -2.44. The maximum atomic E-state index is 12.5. The average Bonchev–Trinajstić information content (AvgIpc) is 3.39. The van der Waals surface area contributed by atoms with E-state index in [9.17, 15) is 10.1 Å². The van der Waals surface area contributed by atoms with Crippen molar-refractivity contribution >= 4 is 11.7 Å². The van der Waals surface area contributed by atoms with E-state index in [0.29, 0.717) is 38.3 Å². The second-order valence-corrected chi connectivity index (χ2v) is 12.6. The maximum Gasteiger partial charge on any atom is 0.318 e. The smallest absolute Gasteiger partial charge is 0.318 e. The fraction of sp³-hybridized carbons (Fsp3) is 0.576. The number of aromatic nitrogens is 2. The number of hydrogen-bond acceptors (Lipinski definition) is 7. The van der Waals surface area contributed by atoms with E-state index >= 15 is 0 Å². The number of carbonyl (C=O) groups excluding carboxylic acids is 1. The van der Waals surface area contributed by atoms with Crippen LogP contribution in [0.2, 0.25) is 0 Å². The zero-order valence-electron chi connectivity index (χ0n) is 24.6. The number of likely N-dealkylation sites (N-methyl/N-ethyl adjacent to an activating group) is 1. The van der Waals surface area contributed by atoms with Crippen LogP contribution in [0.25, 0.3) is 0 Å². The first-order valence-corrected chi connectivity index (χ1v) is 15.2. The molecule has 1 aromatic heterocycles. The van der Waals surface area contributed by atoms with E-state index in [2.05, 4.69) is 54.6 Å². The van der Waals surface area contributed by atoms with Gasteiger partial charge in [0.15, 0.2) is 0 Å². The summed E-state index contributed by atoms with van der Waals surface area (Å²) in [5.41, 5.74) is 6.99. The van der Waals surface area contributed by atoms with Gasteiger partial charge in [0, 0.05) is 31.2 Å². The number of carbonyl (C=O) groups is 1. The Bertz CT molecular complexity index is 1370. The van der Waals surface area contributed by atoms with Gasteiger partial charge in [-0.3, -0.25) is 4.79 Å². The molecule has 1 spiro atoms. The molecule has 41 heavy (non-hydrogen) atoms. The van der Waals surface area contributed by atoms with Crippen molar-refractivity contribution in [1.29, 1.82) is 5.26 Å². The number of nitrogens with zero attached hydrogens (tertiary/aromatic N) is 6. The molecule has 0 N–H and O–H groups in total. The molecule has 6 rings (SSSR count). The second-order valence-electron chi connectivity index (χ2n) is 12.6. The summed E-state index contributed by atoms with van der Waals surface area (Å²) in [5.74, 6) is 0.814. The highest BCUT2D eigenvalue weighted by Crippen LogP contribution is 2.47. The molecule has 2 aliphatic heterocycles. The minimum absolute atomic E-state index is 0.117. The zero-order chi connectivity index (χ0) is 28.6. The van der Waals surface area contributed by atoms with Crippen LogP contribution in [0.15, 0.2) is 30.9 Å². The molecule has 0 bridgehead atoms. The SMILES string of the molecule is C=CC(=O)N1CCN(c2nc(OC[C@@H]3CCCN3C)nc3c2CC[C@]2(CCc4c(C)cccc4C2)C3)C[C@@H]1CC#N. The Balaban J connectivity index is 1.31. The van der Waals surface area contributed by atoms with Crippen LogP contribution >= 0.6 is 0 Å². The number of ether oxygens (including phenoxy) is 1. The van der Waals surface area contributed by atoms with Crippen LogP contribution in [0.4, 0.5) is 5.82 Å². The second kappa shape index (κ2) is 11.4. The number of anilines is 1. The fourth-order valence-corrected chi connectivity index (χ4v) is 7.69. The third-order valence-electron chi connectivity index (χ3n) is 10.1. The van der Waals surface area contributed by atoms with E-state index in [1.54, 1.807) is 4.90 Å². The van der Waals surface area contributed by atoms with E-state index < -0.39 is 0 Å². The van der Waals surface area contributed by atoms with Crippen LogP contribution in [0.3, 0.4) is 0 Å². The molecule has 2 fully saturated rings. The van der Waals surface area contributed by atoms with Gasteiger partial charge in [-0.05, 0) is 100 Å². The Hall–Kier alpha value is -3.44. The largest absolute Gasteiger partial charge is 0.462 e. The first-order chi connectivity index (χ1) is 19.9. The topological polar surface area (TPSA) is 85.6 Å². The maximum absolute atomic E-state index is 12.5. The number of fused-ring (bicyclic) bond motifs is 2. The molecule has 2 aliphatic carbocycles. The van der Waals surface area contributed by atoms with E-state index in [1.807, 2.05) is 0 Å². The predicted octanol–water partition coefficient (Wildman–Crippen LogP) is 4.04. The van der Waals surface area contributed by atoms with Crippen molar-refractivity contribution in [3.8, 4) is 12.1 Å². The molecule has 216 valence electrons. The molecule has 8 nitrogen and oxygen atoms in total. The molecule has 8 heteroatoms. The van der Waals surface area contributed by atoms with E-state index in [0.717, 1.165) is 56.6 Å². The van der Waals surface area contributed by atoms with Crippen LogP contribution in [-0.2, 0) is 30.5 Å². The molecule has 3 heterocycles. The number of benzene rings is 1. The van der Waals surface area contributed by atoms with Crippen molar-refractivity contribution < 1.29 is 9.53 Å². The van der Waals surface area contributed by atoms with Crippen molar-refractivity contribution in [2.24, 2.45) is 5.41 Å². The summed E-state index contributed by atoms with van der Waals surface area (Å²) in [6, 6.07) is 9.68. The van der Waals surface area contributed by atoms with Crippen LogP contribution in [0.1, 0.15) is 60.1 Å². The number of aryl methyl sites for hydroxylation is 1. The summed E-state index contributed by atoms with van der Waals surface area (Å²) in [7, 11) is 2.16. The molecular formula is C33H42N6O2. The van der Waals surface area contributed by atoms with Crippen LogP contribution in [-0.4, -0.2) is 77.6 Å². The molecule has 0 radical (unpaired) electrons. The summed E-state index contributed by atoms with van der Waals surface area (Å²) in [4.78, 5) is 29.0. The minimum Gasteiger partial charge on any atom is -0.462 e. The van der Waals surface area contributed by atoms with Gasteiger partial charge in [-0.25, -0.2) is 0 Å². The third-order valence-corrected chi connectivity index (χ3v) is 10.1. The lowest BCUT2D eigenvalue weighted by atomic mass is 9.63. The summed E-state index contributed by atoms with van der Waals surface area (Å²) in [6.45, 7) is 9.36. The summed E-state index contributed by atoms with van der Waals surface area (Å²) in [6.07, 6.45) is 10.3. The van der Waals surface area contributed by atoms with E-state index in [4.69, 9.17) is 14.7 Å². The van der Waals surface area contributed by atoms with E-state index in [1.165, 1.54) is 41.2 Å². The van der Waals surface area contributed by atoms with Gasteiger partial charge in [0.1, 0.15) is 12.4 Å². The number of nitriles is 1. The normalized spacial score (nSPS) is 25.9. The van der Waals surface area contributed by atoms with Crippen molar-refractivity contribution in [2.45, 2.75) is 76.8 Å². The summed E-state index contributed by atoms with van der Waals surface area (Å²) >= 11 is 0. The van der Waals surface area contributed by atoms with Gasteiger partial charge in [0.25, 0.3) is 0 Å². The molecule has 0 unspecified atom stereocenters. The fourth-order valence-electron chi connectivity index (χ4n) is 7.69. The van der Waals surface area contributed by atoms with Crippen molar-refractivity contribution in [3.05, 3.63) is 58.8 Å². The number of piperazine rings is 1. The molecular weight excluding hydrogens is 512 g/mol.